The molecule has 7 heteroatoms. The van der Waals surface area contributed by atoms with Gasteiger partial charge in [-0.05, 0) is 47.3 Å². The van der Waals surface area contributed by atoms with E-state index in [2.05, 4.69) is 20.9 Å². The van der Waals surface area contributed by atoms with Crippen LogP contribution in [0.3, 0.4) is 0 Å². The van der Waals surface area contributed by atoms with Gasteiger partial charge in [-0.1, -0.05) is 0 Å². The average Bonchev–Trinajstić information content (AvgIpc) is 3.13. The molecule has 1 aliphatic carbocycles. The molecule has 1 aliphatic heterocycles. The van der Waals surface area contributed by atoms with Gasteiger partial charge in [0.15, 0.2) is 0 Å². The van der Waals surface area contributed by atoms with Crippen molar-refractivity contribution in [2.75, 3.05) is 13.1 Å². The van der Waals surface area contributed by atoms with E-state index in [1.807, 2.05) is 12.1 Å². The van der Waals surface area contributed by atoms with Gasteiger partial charge in [-0.15, -0.1) is 0 Å². The summed E-state index contributed by atoms with van der Waals surface area (Å²) in [6.07, 6.45) is 3.87. The molecule has 0 spiro atoms. The van der Waals surface area contributed by atoms with Gasteiger partial charge in [0.2, 0.25) is 15.9 Å². The maximum atomic E-state index is 12.1. The highest BCUT2D eigenvalue weighted by Gasteiger charge is 2.43. The third-order valence-electron chi connectivity index (χ3n) is 3.42. The van der Waals surface area contributed by atoms with Crippen LogP contribution in [-0.2, 0) is 10.0 Å². The number of hydrogen-bond acceptors (Lipinski definition) is 4. The summed E-state index contributed by atoms with van der Waals surface area (Å²) >= 11 is 3.37. The summed E-state index contributed by atoms with van der Waals surface area (Å²) in [6, 6.07) is 3.67. The smallest absolute Gasteiger partial charge is 0.228 e. The van der Waals surface area contributed by atoms with E-state index in [1.165, 1.54) is 0 Å². The van der Waals surface area contributed by atoms with Gasteiger partial charge >= 0.3 is 0 Å². The quantitative estimate of drug-likeness (QED) is 0.833. The van der Waals surface area contributed by atoms with E-state index < -0.39 is 10.0 Å². The van der Waals surface area contributed by atoms with Crippen molar-refractivity contribution in [1.82, 2.24) is 9.29 Å². The highest BCUT2D eigenvalue weighted by atomic mass is 79.9. The standard InChI is InChI=1S/C12H15BrN2O3S/c13-11-2-1-6-14-12(11)18-9-5-7-15(8-9)19(16,17)10-3-4-10/h1-2,6,9-10H,3-5,7-8H2/t9-/m0/s1. The summed E-state index contributed by atoms with van der Waals surface area (Å²) in [5.41, 5.74) is 0. The maximum absolute atomic E-state index is 12.1. The number of ether oxygens (including phenoxy) is 1. The summed E-state index contributed by atoms with van der Waals surface area (Å²) in [5, 5.41) is -0.146. The lowest BCUT2D eigenvalue weighted by Crippen LogP contribution is -2.33. The number of pyridine rings is 1. The molecule has 0 amide bonds. The molecule has 2 fully saturated rings. The number of rotatable bonds is 4. The van der Waals surface area contributed by atoms with Crippen LogP contribution in [0.2, 0.25) is 0 Å². The molecule has 0 radical (unpaired) electrons. The van der Waals surface area contributed by atoms with Gasteiger partial charge in [0.25, 0.3) is 0 Å². The second kappa shape index (κ2) is 5.03. The normalized spacial score (nSPS) is 24.6. The lowest BCUT2D eigenvalue weighted by Gasteiger charge is -2.16. The fourth-order valence-electron chi connectivity index (χ4n) is 2.22. The number of halogens is 1. The van der Waals surface area contributed by atoms with Crippen molar-refractivity contribution in [3.63, 3.8) is 0 Å². The Balaban J connectivity index is 1.65. The average molecular weight is 347 g/mol. The van der Waals surface area contributed by atoms with E-state index in [1.54, 1.807) is 10.5 Å². The van der Waals surface area contributed by atoms with E-state index in [-0.39, 0.29) is 11.4 Å². The Labute approximate surface area is 121 Å². The second-order valence-corrected chi connectivity index (χ2v) is 7.99. The molecule has 1 aromatic rings. The van der Waals surface area contributed by atoms with Gasteiger partial charge in [0.05, 0.1) is 16.3 Å². The van der Waals surface area contributed by atoms with Crippen molar-refractivity contribution >= 4 is 26.0 Å². The lowest BCUT2D eigenvalue weighted by atomic mass is 10.3. The van der Waals surface area contributed by atoms with Crippen molar-refractivity contribution in [1.29, 1.82) is 0 Å². The minimum absolute atomic E-state index is 0.111. The summed E-state index contributed by atoms with van der Waals surface area (Å²) in [5.74, 6) is 0.526. The summed E-state index contributed by atoms with van der Waals surface area (Å²) in [7, 11) is -3.08. The number of sulfonamides is 1. The molecule has 0 unspecified atom stereocenters. The Bertz CT molecular complexity index is 574. The molecule has 1 aromatic heterocycles. The molecule has 19 heavy (non-hydrogen) atoms. The number of nitrogens with zero attached hydrogens (tertiary/aromatic N) is 2. The van der Waals surface area contributed by atoms with Gasteiger partial charge in [-0.2, -0.15) is 4.31 Å². The van der Waals surface area contributed by atoms with Crippen molar-refractivity contribution < 1.29 is 13.2 Å². The Morgan fingerprint density at radius 3 is 2.84 bits per heavy atom. The molecule has 1 atom stereocenters. The molecule has 104 valence electrons. The van der Waals surface area contributed by atoms with Gasteiger partial charge in [0, 0.05) is 12.7 Å². The fourth-order valence-corrected chi connectivity index (χ4v) is 4.45. The van der Waals surface area contributed by atoms with Gasteiger partial charge in [-0.25, -0.2) is 13.4 Å². The molecule has 0 aromatic carbocycles. The Morgan fingerprint density at radius 1 is 1.37 bits per heavy atom. The van der Waals surface area contributed by atoms with Crippen LogP contribution in [0, 0.1) is 0 Å². The topological polar surface area (TPSA) is 59.5 Å². The number of aromatic nitrogens is 1. The molecule has 1 saturated carbocycles. The molecule has 0 N–H and O–H groups in total. The first kappa shape index (κ1) is 13.3. The molecule has 0 bridgehead atoms. The zero-order chi connectivity index (χ0) is 13.5. The van der Waals surface area contributed by atoms with E-state index in [4.69, 9.17) is 4.74 Å². The van der Waals surface area contributed by atoms with Crippen LogP contribution in [0.5, 0.6) is 5.88 Å². The molecule has 1 saturated heterocycles. The first-order valence-corrected chi connectivity index (χ1v) is 8.63. The predicted molar refractivity (Wildman–Crippen MR) is 74.5 cm³/mol. The maximum Gasteiger partial charge on any atom is 0.228 e. The van der Waals surface area contributed by atoms with Crippen molar-refractivity contribution in [2.45, 2.75) is 30.6 Å². The first-order valence-electron chi connectivity index (χ1n) is 6.33. The third-order valence-corrected chi connectivity index (χ3v) is 6.39. The van der Waals surface area contributed by atoms with E-state index in [0.29, 0.717) is 19.0 Å². The molecule has 2 heterocycles. The van der Waals surface area contributed by atoms with Crippen LogP contribution < -0.4 is 4.74 Å². The van der Waals surface area contributed by atoms with Crippen LogP contribution >= 0.6 is 15.9 Å². The van der Waals surface area contributed by atoms with Gasteiger partial charge in [-0.3, -0.25) is 0 Å². The monoisotopic (exact) mass is 346 g/mol. The Hall–Kier alpha value is -0.660. The summed E-state index contributed by atoms with van der Waals surface area (Å²) in [6.45, 7) is 0.982. The highest BCUT2D eigenvalue weighted by Crippen LogP contribution is 2.33. The molecular formula is C12H15BrN2O3S. The van der Waals surface area contributed by atoms with Crippen LogP contribution in [-0.4, -0.2) is 42.2 Å². The van der Waals surface area contributed by atoms with Crippen molar-refractivity contribution in [2.24, 2.45) is 0 Å². The largest absolute Gasteiger partial charge is 0.472 e. The second-order valence-electron chi connectivity index (χ2n) is 4.92. The minimum atomic E-state index is -3.08. The zero-order valence-corrected chi connectivity index (χ0v) is 12.7. The van der Waals surface area contributed by atoms with E-state index >= 15 is 0 Å². The van der Waals surface area contributed by atoms with Crippen LogP contribution in [0.15, 0.2) is 22.8 Å². The fraction of sp³-hybridized carbons (Fsp3) is 0.583. The van der Waals surface area contributed by atoms with Crippen LogP contribution in [0.1, 0.15) is 19.3 Å². The third kappa shape index (κ3) is 2.78. The van der Waals surface area contributed by atoms with Gasteiger partial charge < -0.3 is 4.74 Å². The molecular weight excluding hydrogens is 332 g/mol. The van der Waals surface area contributed by atoms with E-state index in [9.17, 15) is 8.42 Å². The molecule has 5 nitrogen and oxygen atoms in total. The summed E-state index contributed by atoms with van der Waals surface area (Å²) in [4.78, 5) is 4.14. The summed E-state index contributed by atoms with van der Waals surface area (Å²) < 4.78 is 32.3. The zero-order valence-electron chi connectivity index (χ0n) is 10.3. The molecule has 3 rings (SSSR count). The highest BCUT2D eigenvalue weighted by molar-refractivity contribution is 9.10. The van der Waals surface area contributed by atoms with Crippen molar-refractivity contribution in [3.05, 3.63) is 22.8 Å². The molecule has 2 aliphatic rings. The van der Waals surface area contributed by atoms with E-state index in [0.717, 1.165) is 23.7 Å². The van der Waals surface area contributed by atoms with Crippen LogP contribution in [0.4, 0.5) is 0 Å². The number of hydrogen-bond donors (Lipinski definition) is 0. The Kier molecular flexibility index (Phi) is 3.53. The lowest BCUT2D eigenvalue weighted by molar-refractivity contribution is 0.205. The van der Waals surface area contributed by atoms with Crippen molar-refractivity contribution in [3.8, 4) is 5.88 Å². The SMILES string of the molecule is O=S(=O)(C1CC1)N1CC[C@H](Oc2ncccc2Br)C1. The van der Waals surface area contributed by atoms with Gasteiger partial charge in [0.1, 0.15) is 6.10 Å². The first-order chi connectivity index (χ1) is 9.07. The van der Waals surface area contributed by atoms with Crippen LogP contribution in [0.25, 0.3) is 0 Å². The minimum Gasteiger partial charge on any atom is -0.472 e. The predicted octanol–water partition coefficient (Wildman–Crippen LogP) is 1.79. The Morgan fingerprint density at radius 2 is 2.16 bits per heavy atom.